The van der Waals surface area contributed by atoms with Crippen LogP contribution in [0, 0.1) is 11.3 Å². The van der Waals surface area contributed by atoms with Gasteiger partial charge < -0.3 is 11.1 Å². The van der Waals surface area contributed by atoms with Crippen LogP contribution in [0.2, 0.25) is 0 Å². The summed E-state index contributed by atoms with van der Waals surface area (Å²) in [7, 11) is 0. The number of nitrogens with two attached hydrogens (primary N) is 1. The van der Waals surface area contributed by atoms with Gasteiger partial charge in [0.15, 0.2) is 5.82 Å². The van der Waals surface area contributed by atoms with E-state index in [1.807, 2.05) is 6.07 Å². The quantitative estimate of drug-likeness (QED) is 0.837. The Balaban J connectivity index is 2.32. The van der Waals surface area contributed by atoms with Gasteiger partial charge in [0.1, 0.15) is 6.07 Å². The maximum Gasteiger partial charge on any atom is 0.248 e. The molecule has 18 heavy (non-hydrogen) atoms. The van der Waals surface area contributed by atoms with Gasteiger partial charge in [0.2, 0.25) is 5.91 Å². The minimum absolute atomic E-state index is 0.335. The van der Waals surface area contributed by atoms with Crippen molar-refractivity contribution in [3.05, 3.63) is 47.7 Å². The summed E-state index contributed by atoms with van der Waals surface area (Å²) in [4.78, 5) is 11.0. The molecule has 6 nitrogen and oxygen atoms in total. The van der Waals surface area contributed by atoms with E-state index in [4.69, 9.17) is 11.0 Å². The van der Waals surface area contributed by atoms with Crippen molar-refractivity contribution < 1.29 is 4.79 Å². The van der Waals surface area contributed by atoms with Crippen LogP contribution < -0.4 is 11.1 Å². The summed E-state index contributed by atoms with van der Waals surface area (Å²) in [6, 6.07) is 10.2. The number of hydrogen-bond donors (Lipinski definition) is 2. The lowest BCUT2D eigenvalue weighted by atomic mass is 10.2. The first kappa shape index (κ1) is 11.5. The molecule has 0 spiro atoms. The Morgan fingerprint density at radius 3 is 2.94 bits per heavy atom. The Bertz CT molecular complexity index is 632. The molecule has 0 saturated heterocycles. The van der Waals surface area contributed by atoms with Gasteiger partial charge in [-0.2, -0.15) is 10.4 Å². The standard InChI is InChI=1S/C12H9N5O/c13-7-9-4-5-15-17-12(9)16-10-3-1-2-8(6-10)11(14)18/h1-6H,(H2,14,18)(H,16,17). The zero-order valence-corrected chi connectivity index (χ0v) is 9.29. The molecule has 1 amide bonds. The van der Waals surface area contributed by atoms with Gasteiger partial charge in [0, 0.05) is 11.3 Å². The molecule has 0 atom stereocenters. The van der Waals surface area contributed by atoms with Crippen LogP contribution in [0.5, 0.6) is 0 Å². The van der Waals surface area contributed by atoms with E-state index in [2.05, 4.69) is 15.5 Å². The highest BCUT2D eigenvalue weighted by molar-refractivity contribution is 5.93. The fourth-order valence-electron chi connectivity index (χ4n) is 1.40. The molecule has 0 aliphatic heterocycles. The van der Waals surface area contributed by atoms with Crippen molar-refractivity contribution in [1.82, 2.24) is 10.2 Å². The molecule has 88 valence electrons. The van der Waals surface area contributed by atoms with Crippen molar-refractivity contribution in [2.24, 2.45) is 5.73 Å². The van der Waals surface area contributed by atoms with Crippen LogP contribution in [0.25, 0.3) is 0 Å². The van der Waals surface area contributed by atoms with Gasteiger partial charge in [-0.1, -0.05) is 6.07 Å². The molecule has 0 saturated carbocycles. The van der Waals surface area contributed by atoms with Gasteiger partial charge in [-0.3, -0.25) is 4.79 Å². The molecular weight excluding hydrogens is 230 g/mol. The van der Waals surface area contributed by atoms with Gasteiger partial charge in [0.05, 0.1) is 11.8 Å². The van der Waals surface area contributed by atoms with Gasteiger partial charge in [-0.05, 0) is 24.3 Å². The van der Waals surface area contributed by atoms with Gasteiger partial charge in [-0.15, -0.1) is 5.10 Å². The first-order valence-electron chi connectivity index (χ1n) is 5.09. The Kier molecular flexibility index (Phi) is 3.16. The van der Waals surface area contributed by atoms with E-state index < -0.39 is 5.91 Å². The third kappa shape index (κ3) is 2.41. The lowest BCUT2D eigenvalue weighted by Gasteiger charge is -2.06. The van der Waals surface area contributed by atoms with Crippen LogP contribution in [-0.2, 0) is 0 Å². The molecule has 1 aromatic heterocycles. The molecular formula is C12H9N5O. The Morgan fingerprint density at radius 1 is 1.39 bits per heavy atom. The highest BCUT2D eigenvalue weighted by Gasteiger charge is 2.05. The van der Waals surface area contributed by atoms with E-state index in [9.17, 15) is 4.79 Å². The summed E-state index contributed by atoms with van der Waals surface area (Å²) in [5, 5.41) is 19.3. The van der Waals surface area contributed by atoms with Gasteiger partial charge >= 0.3 is 0 Å². The van der Waals surface area contributed by atoms with E-state index in [1.165, 1.54) is 6.20 Å². The first-order valence-corrected chi connectivity index (χ1v) is 5.09. The molecule has 1 heterocycles. The third-order valence-corrected chi connectivity index (χ3v) is 2.25. The fourth-order valence-corrected chi connectivity index (χ4v) is 1.40. The number of amides is 1. The zero-order valence-electron chi connectivity index (χ0n) is 9.29. The van der Waals surface area contributed by atoms with Crippen molar-refractivity contribution >= 4 is 17.4 Å². The number of rotatable bonds is 3. The van der Waals surface area contributed by atoms with E-state index in [0.29, 0.717) is 22.6 Å². The number of aromatic nitrogens is 2. The fraction of sp³-hybridized carbons (Fsp3) is 0. The minimum atomic E-state index is -0.515. The molecule has 0 fully saturated rings. The van der Waals surface area contributed by atoms with Gasteiger partial charge in [-0.25, -0.2) is 0 Å². The zero-order chi connectivity index (χ0) is 13.0. The average Bonchev–Trinajstić information content (AvgIpc) is 2.39. The average molecular weight is 239 g/mol. The predicted molar refractivity (Wildman–Crippen MR) is 65.0 cm³/mol. The van der Waals surface area contributed by atoms with E-state index >= 15 is 0 Å². The largest absolute Gasteiger partial charge is 0.366 e. The predicted octanol–water partition coefficient (Wildman–Crippen LogP) is 1.19. The number of anilines is 2. The third-order valence-electron chi connectivity index (χ3n) is 2.25. The second kappa shape index (κ2) is 4.93. The maximum absolute atomic E-state index is 11.0. The Labute approximate surface area is 103 Å². The highest BCUT2D eigenvalue weighted by atomic mass is 16.1. The number of carbonyl (C=O) groups is 1. The number of hydrogen-bond acceptors (Lipinski definition) is 5. The van der Waals surface area contributed by atoms with Crippen molar-refractivity contribution in [2.75, 3.05) is 5.32 Å². The lowest BCUT2D eigenvalue weighted by Crippen LogP contribution is -2.11. The van der Waals surface area contributed by atoms with Crippen LogP contribution >= 0.6 is 0 Å². The van der Waals surface area contributed by atoms with Crippen LogP contribution in [0.4, 0.5) is 11.5 Å². The van der Waals surface area contributed by atoms with Crippen LogP contribution in [0.1, 0.15) is 15.9 Å². The summed E-state index contributed by atoms with van der Waals surface area (Å²) >= 11 is 0. The molecule has 3 N–H and O–H groups in total. The summed E-state index contributed by atoms with van der Waals surface area (Å²) in [6.45, 7) is 0. The number of nitrogens with zero attached hydrogens (tertiary/aromatic N) is 3. The van der Waals surface area contributed by atoms with Crippen molar-refractivity contribution in [3.8, 4) is 6.07 Å². The molecule has 0 radical (unpaired) electrons. The molecule has 0 bridgehead atoms. The molecule has 0 unspecified atom stereocenters. The number of primary amides is 1. The summed E-state index contributed by atoms with van der Waals surface area (Å²) in [5.74, 6) is -0.181. The smallest absolute Gasteiger partial charge is 0.248 e. The second-order valence-corrected chi connectivity index (χ2v) is 3.48. The van der Waals surface area contributed by atoms with Crippen LogP contribution in [0.15, 0.2) is 36.5 Å². The summed E-state index contributed by atoms with van der Waals surface area (Å²) < 4.78 is 0. The monoisotopic (exact) mass is 239 g/mol. The Hall–Kier alpha value is -2.94. The maximum atomic E-state index is 11.0. The second-order valence-electron chi connectivity index (χ2n) is 3.48. The number of carbonyl (C=O) groups excluding carboxylic acids is 1. The van der Waals surface area contributed by atoms with E-state index in [-0.39, 0.29) is 0 Å². The SMILES string of the molecule is N#Cc1ccnnc1Nc1cccc(C(N)=O)c1. The van der Waals surface area contributed by atoms with Crippen LogP contribution in [-0.4, -0.2) is 16.1 Å². The van der Waals surface area contributed by atoms with E-state index in [1.54, 1.807) is 30.3 Å². The summed E-state index contributed by atoms with van der Waals surface area (Å²) in [5.41, 5.74) is 6.55. The molecule has 0 aliphatic carbocycles. The van der Waals surface area contributed by atoms with Crippen molar-refractivity contribution in [1.29, 1.82) is 5.26 Å². The molecule has 1 aromatic carbocycles. The molecule has 6 heteroatoms. The molecule has 0 aliphatic rings. The number of nitriles is 1. The first-order chi connectivity index (χ1) is 8.70. The Morgan fingerprint density at radius 2 is 2.22 bits per heavy atom. The molecule has 2 rings (SSSR count). The van der Waals surface area contributed by atoms with Crippen molar-refractivity contribution in [3.63, 3.8) is 0 Å². The lowest BCUT2D eigenvalue weighted by molar-refractivity contribution is 0.100. The topological polar surface area (TPSA) is 105 Å². The van der Waals surface area contributed by atoms with E-state index in [0.717, 1.165) is 0 Å². The number of benzene rings is 1. The normalized spacial score (nSPS) is 9.50. The minimum Gasteiger partial charge on any atom is -0.366 e. The number of nitrogens with one attached hydrogen (secondary N) is 1. The van der Waals surface area contributed by atoms with Gasteiger partial charge in [0.25, 0.3) is 0 Å². The highest BCUT2D eigenvalue weighted by Crippen LogP contribution is 2.17. The molecule has 2 aromatic rings. The van der Waals surface area contributed by atoms with Crippen molar-refractivity contribution in [2.45, 2.75) is 0 Å². The van der Waals surface area contributed by atoms with Crippen LogP contribution in [0.3, 0.4) is 0 Å². The summed E-state index contributed by atoms with van der Waals surface area (Å²) in [6.07, 6.45) is 1.43.